The van der Waals surface area contributed by atoms with Gasteiger partial charge in [0.05, 0.1) is 10.3 Å². The Balaban J connectivity index is 1.54. The smallest absolute Gasteiger partial charge is 0.264 e. The van der Waals surface area contributed by atoms with E-state index in [-0.39, 0.29) is 4.90 Å². The largest absolute Gasteiger partial charge is 0.273 e. The van der Waals surface area contributed by atoms with Gasteiger partial charge in [-0.15, -0.1) is 0 Å². The summed E-state index contributed by atoms with van der Waals surface area (Å²) in [6.45, 7) is 0.473. The van der Waals surface area contributed by atoms with Crippen molar-refractivity contribution in [1.29, 1.82) is 0 Å². The van der Waals surface area contributed by atoms with E-state index in [1.807, 2.05) is 42.6 Å². The van der Waals surface area contributed by atoms with Gasteiger partial charge in [0, 0.05) is 29.3 Å². The van der Waals surface area contributed by atoms with Crippen molar-refractivity contribution in [3.8, 4) is 0 Å². The third kappa shape index (κ3) is 3.81. The van der Waals surface area contributed by atoms with Crippen LogP contribution in [0.5, 0.6) is 0 Å². The topological polar surface area (TPSA) is 81.1 Å². The van der Waals surface area contributed by atoms with Gasteiger partial charge in [0.25, 0.3) is 10.0 Å². The van der Waals surface area contributed by atoms with Crippen LogP contribution >= 0.6 is 11.6 Å². The van der Waals surface area contributed by atoms with Gasteiger partial charge in [0.2, 0.25) is 5.91 Å². The lowest BCUT2D eigenvalue weighted by atomic mass is 9.78. The summed E-state index contributed by atoms with van der Waals surface area (Å²) in [7, 11) is -4.10. The highest BCUT2D eigenvalue weighted by Gasteiger charge is 2.47. The summed E-state index contributed by atoms with van der Waals surface area (Å²) < 4.78 is 30.9. The van der Waals surface area contributed by atoms with Crippen molar-refractivity contribution < 1.29 is 13.2 Å². The molecule has 1 heterocycles. The second kappa shape index (κ2) is 8.32. The molecule has 0 saturated heterocycles. The van der Waals surface area contributed by atoms with Crippen molar-refractivity contribution in [1.82, 2.24) is 14.5 Å². The number of carbonyl (C=O) groups is 1. The zero-order valence-corrected chi connectivity index (χ0v) is 19.3. The number of sulfonamides is 1. The Morgan fingerprint density at radius 2 is 1.85 bits per heavy atom. The lowest BCUT2D eigenvalue weighted by Crippen LogP contribution is -2.46. The quantitative estimate of drug-likeness (QED) is 0.442. The standard InChI is InChI=1S/C25H22ClN3O3S/c26-22-10-4-9-21-20(22)12-13-25(21,14-17-29-16-5-15-27-29)24(30)28-33(31,32)23-11-3-7-18-6-1-2-8-19(18)23/h1-11,15-16H,12-14,17H2,(H,28,30). The van der Waals surface area contributed by atoms with Crippen molar-refractivity contribution in [3.63, 3.8) is 0 Å². The summed E-state index contributed by atoms with van der Waals surface area (Å²) in [6.07, 6.45) is 4.99. The molecule has 6 nitrogen and oxygen atoms in total. The van der Waals surface area contributed by atoms with E-state index in [0.29, 0.717) is 36.2 Å². The van der Waals surface area contributed by atoms with Crippen molar-refractivity contribution in [3.05, 3.63) is 95.3 Å². The van der Waals surface area contributed by atoms with Crippen molar-refractivity contribution in [2.75, 3.05) is 0 Å². The maximum atomic E-state index is 13.8. The molecule has 1 aliphatic rings. The molecule has 1 unspecified atom stereocenters. The molecule has 1 aliphatic carbocycles. The molecule has 33 heavy (non-hydrogen) atoms. The zero-order valence-electron chi connectivity index (χ0n) is 17.7. The first kappa shape index (κ1) is 21.7. The molecule has 0 aliphatic heterocycles. The molecule has 3 aromatic carbocycles. The number of fused-ring (bicyclic) bond motifs is 2. The highest BCUT2D eigenvalue weighted by atomic mass is 35.5. The van der Waals surface area contributed by atoms with Crippen molar-refractivity contribution in [2.24, 2.45) is 0 Å². The molecule has 0 saturated carbocycles. The Hall–Kier alpha value is -3.16. The molecule has 0 bridgehead atoms. The Labute approximate surface area is 197 Å². The third-order valence-corrected chi connectivity index (χ3v) is 8.21. The second-order valence-corrected chi connectivity index (χ2v) is 10.3. The fourth-order valence-electron chi connectivity index (χ4n) is 4.79. The first-order valence-corrected chi connectivity index (χ1v) is 12.6. The molecule has 4 aromatic rings. The zero-order chi connectivity index (χ0) is 23.1. The molecule has 0 fully saturated rings. The van der Waals surface area contributed by atoms with Crippen LogP contribution in [0.1, 0.15) is 24.0 Å². The van der Waals surface area contributed by atoms with E-state index in [0.717, 1.165) is 16.5 Å². The predicted octanol–water partition coefficient (Wildman–Crippen LogP) is 4.47. The summed E-state index contributed by atoms with van der Waals surface area (Å²) in [5.41, 5.74) is 0.661. The van der Waals surface area contributed by atoms with Crippen LogP contribution in [0.4, 0.5) is 0 Å². The van der Waals surface area contributed by atoms with Crippen LogP contribution in [0, 0.1) is 0 Å². The van der Waals surface area contributed by atoms with Gasteiger partial charge in [-0.05, 0) is 54.0 Å². The van der Waals surface area contributed by atoms with Gasteiger partial charge in [-0.3, -0.25) is 9.48 Å². The number of nitrogens with one attached hydrogen (secondary N) is 1. The monoisotopic (exact) mass is 479 g/mol. The van der Waals surface area contributed by atoms with Crippen molar-refractivity contribution >= 4 is 38.3 Å². The SMILES string of the molecule is O=C(NS(=O)(=O)c1cccc2ccccc12)C1(CCn2cccn2)CCc2c(Cl)cccc21. The first-order chi connectivity index (χ1) is 15.9. The Morgan fingerprint density at radius 3 is 2.67 bits per heavy atom. The van der Waals surface area contributed by atoms with Crippen LogP contribution in [0.3, 0.4) is 0 Å². The highest BCUT2D eigenvalue weighted by Crippen LogP contribution is 2.45. The normalized spacial score (nSPS) is 17.7. The van der Waals surface area contributed by atoms with Crippen LogP contribution in [0.2, 0.25) is 5.02 Å². The Morgan fingerprint density at radius 1 is 1.06 bits per heavy atom. The van der Waals surface area contributed by atoms with E-state index in [2.05, 4.69) is 9.82 Å². The fraction of sp³-hybridized carbons (Fsp3) is 0.200. The van der Waals surface area contributed by atoms with E-state index in [9.17, 15) is 13.2 Å². The molecule has 0 radical (unpaired) electrons. The van der Waals surface area contributed by atoms with Gasteiger partial charge < -0.3 is 0 Å². The van der Waals surface area contributed by atoms with Crippen LogP contribution in [-0.2, 0) is 33.2 Å². The maximum absolute atomic E-state index is 13.8. The molecule has 168 valence electrons. The molecule has 1 atom stereocenters. The molecule has 1 N–H and O–H groups in total. The van der Waals surface area contributed by atoms with E-state index in [1.54, 1.807) is 35.1 Å². The number of halogens is 1. The average Bonchev–Trinajstić information content (AvgIpc) is 3.46. The van der Waals surface area contributed by atoms with Crippen molar-refractivity contribution in [2.45, 2.75) is 36.1 Å². The van der Waals surface area contributed by atoms with E-state index in [4.69, 9.17) is 11.6 Å². The molecule has 1 aromatic heterocycles. The molecule has 0 spiro atoms. The number of aryl methyl sites for hydroxylation is 1. The number of hydrogen-bond donors (Lipinski definition) is 1. The van der Waals surface area contributed by atoms with Gasteiger partial charge in [-0.25, -0.2) is 13.1 Å². The Kier molecular flexibility index (Phi) is 5.46. The third-order valence-electron chi connectivity index (χ3n) is 6.46. The first-order valence-electron chi connectivity index (χ1n) is 10.7. The molecule has 5 rings (SSSR count). The number of amides is 1. The summed E-state index contributed by atoms with van der Waals surface area (Å²) in [5.74, 6) is -0.538. The minimum absolute atomic E-state index is 0.0838. The van der Waals surface area contributed by atoms with Crippen LogP contribution in [0.25, 0.3) is 10.8 Å². The molecule has 1 amide bonds. The van der Waals surface area contributed by atoms with Gasteiger partial charge in [-0.2, -0.15) is 5.10 Å². The lowest BCUT2D eigenvalue weighted by Gasteiger charge is -2.29. The van der Waals surface area contributed by atoms with Gasteiger partial charge in [-0.1, -0.05) is 60.1 Å². The van der Waals surface area contributed by atoms with Gasteiger partial charge >= 0.3 is 0 Å². The minimum Gasteiger partial charge on any atom is -0.273 e. The summed E-state index contributed by atoms with van der Waals surface area (Å²) in [5, 5.41) is 6.19. The van der Waals surface area contributed by atoms with Crippen LogP contribution < -0.4 is 4.72 Å². The highest BCUT2D eigenvalue weighted by molar-refractivity contribution is 7.90. The molecule has 8 heteroatoms. The number of rotatable bonds is 6. The number of hydrogen-bond acceptors (Lipinski definition) is 4. The Bertz CT molecular complexity index is 1450. The van der Waals surface area contributed by atoms with E-state index < -0.39 is 21.3 Å². The number of aromatic nitrogens is 2. The minimum atomic E-state index is -4.10. The number of nitrogens with zero attached hydrogens (tertiary/aromatic N) is 2. The summed E-state index contributed by atoms with van der Waals surface area (Å²) >= 11 is 6.43. The average molecular weight is 480 g/mol. The second-order valence-electron chi connectivity index (χ2n) is 8.28. The lowest BCUT2D eigenvalue weighted by molar-refractivity contribution is -0.125. The molecular formula is C25H22ClN3O3S. The fourth-order valence-corrected chi connectivity index (χ4v) is 6.34. The maximum Gasteiger partial charge on any atom is 0.264 e. The van der Waals surface area contributed by atoms with Crippen LogP contribution in [0.15, 0.2) is 84.0 Å². The number of carbonyl (C=O) groups excluding carboxylic acids is 1. The predicted molar refractivity (Wildman–Crippen MR) is 128 cm³/mol. The summed E-state index contributed by atoms with van der Waals surface area (Å²) in [6, 6.07) is 19.6. The van der Waals surface area contributed by atoms with Gasteiger partial charge in [0.1, 0.15) is 0 Å². The summed E-state index contributed by atoms with van der Waals surface area (Å²) in [4.78, 5) is 13.8. The van der Waals surface area contributed by atoms with Gasteiger partial charge in [0.15, 0.2) is 0 Å². The number of benzene rings is 3. The van der Waals surface area contributed by atoms with Crippen LogP contribution in [-0.4, -0.2) is 24.1 Å². The van der Waals surface area contributed by atoms with E-state index >= 15 is 0 Å². The molecular weight excluding hydrogens is 458 g/mol. The van der Waals surface area contributed by atoms with E-state index in [1.165, 1.54) is 6.07 Å².